The van der Waals surface area contributed by atoms with Crippen molar-refractivity contribution in [3.63, 3.8) is 0 Å². The number of halogens is 1. The third-order valence-corrected chi connectivity index (χ3v) is 7.88. The summed E-state index contributed by atoms with van der Waals surface area (Å²) in [7, 11) is 0. The Kier molecular flexibility index (Phi) is 8.04. The number of fused-ring (bicyclic) bond motifs is 2. The minimum absolute atomic E-state index is 0.0678. The van der Waals surface area contributed by atoms with E-state index in [1.54, 1.807) is 48.5 Å². The molecule has 228 valence electrons. The van der Waals surface area contributed by atoms with E-state index in [4.69, 9.17) is 9.47 Å². The summed E-state index contributed by atoms with van der Waals surface area (Å²) < 4.78 is 24.7. The van der Waals surface area contributed by atoms with Gasteiger partial charge in [0.15, 0.2) is 11.5 Å². The Balaban J connectivity index is 1.39. The number of rotatable bonds is 9. The SMILES string of the molecule is CC(C)c1ccc([C@H](C(=O)Nc2ccc3c(c2)OCO3)N(Cc2ccc(F)cc2)C(=O)CN2C(=O)C(=O)c3ccccc32)cc1. The molecule has 0 aliphatic carbocycles. The van der Waals surface area contributed by atoms with Crippen molar-refractivity contribution in [2.45, 2.75) is 32.4 Å². The predicted molar refractivity (Wildman–Crippen MR) is 165 cm³/mol. The fourth-order valence-electron chi connectivity index (χ4n) is 5.46. The Labute approximate surface area is 259 Å². The average Bonchev–Trinajstić information content (AvgIpc) is 3.60. The lowest BCUT2D eigenvalue weighted by Crippen LogP contribution is -2.46. The maximum absolute atomic E-state index is 14.3. The molecule has 2 heterocycles. The van der Waals surface area contributed by atoms with Gasteiger partial charge in [0.25, 0.3) is 17.6 Å². The zero-order chi connectivity index (χ0) is 31.7. The predicted octanol–water partition coefficient (Wildman–Crippen LogP) is 5.62. The molecule has 0 fully saturated rings. The fourth-order valence-corrected chi connectivity index (χ4v) is 5.46. The summed E-state index contributed by atoms with van der Waals surface area (Å²) in [6.45, 7) is 3.60. The Bertz CT molecular complexity index is 1790. The highest BCUT2D eigenvalue weighted by atomic mass is 19.1. The molecular weight excluding hydrogens is 577 g/mol. The van der Waals surface area contributed by atoms with Crippen LogP contribution in [0.15, 0.2) is 91.0 Å². The summed E-state index contributed by atoms with van der Waals surface area (Å²) >= 11 is 0. The first-order valence-electron chi connectivity index (χ1n) is 14.5. The number of hydrogen-bond donors (Lipinski definition) is 1. The van der Waals surface area contributed by atoms with Gasteiger partial charge >= 0.3 is 0 Å². The summed E-state index contributed by atoms with van der Waals surface area (Å²) in [6, 6.07) is 23.3. The summed E-state index contributed by atoms with van der Waals surface area (Å²) in [5, 5.41) is 2.90. The number of nitrogens with zero attached hydrogens (tertiary/aromatic N) is 2. The van der Waals surface area contributed by atoms with Crippen LogP contribution in [-0.2, 0) is 20.9 Å². The highest BCUT2D eigenvalue weighted by Gasteiger charge is 2.39. The highest BCUT2D eigenvalue weighted by molar-refractivity contribution is 6.52. The zero-order valence-electron chi connectivity index (χ0n) is 24.7. The van der Waals surface area contributed by atoms with E-state index in [0.717, 1.165) is 10.5 Å². The van der Waals surface area contributed by atoms with Crippen LogP contribution >= 0.6 is 0 Å². The largest absolute Gasteiger partial charge is 0.454 e. The number of amides is 3. The van der Waals surface area contributed by atoms with E-state index in [1.807, 2.05) is 12.1 Å². The molecule has 45 heavy (non-hydrogen) atoms. The van der Waals surface area contributed by atoms with Crippen LogP contribution in [0.1, 0.15) is 52.9 Å². The van der Waals surface area contributed by atoms with Crippen molar-refractivity contribution in [1.29, 1.82) is 0 Å². The molecule has 0 spiro atoms. The Morgan fingerprint density at radius 1 is 0.889 bits per heavy atom. The van der Waals surface area contributed by atoms with Gasteiger partial charge in [0, 0.05) is 18.3 Å². The number of nitrogens with one attached hydrogen (secondary N) is 1. The summed E-state index contributed by atoms with van der Waals surface area (Å²) in [5.41, 5.74) is 3.09. The number of ketones is 1. The maximum atomic E-state index is 14.3. The molecule has 2 aliphatic rings. The van der Waals surface area contributed by atoms with Crippen LogP contribution in [0.2, 0.25) is 0 Å². The molecule has 10 heteroatoms. The summed E-state index contributed by atoms with van der Waals surface area (Å²) in [6.07, 6.45) is 0. The second kappa shape index (κ2) is 12.2. The Hall–Kier alpha value is -5.51. The van der Waals surface area contributed by atoms with Gasteiger partial charge in [-0.1, -0.05) is 62.4 Å². The van der Waals surface area contributed by atoms with Gasteiger partial charge < -0.3 is 19.7 Å². The normalized spacial score (nSPS) is 14.0. The van der Waals surface area contributed by atoms with E-state index in [1.165, 1.54) is 35.2 Å². The number of anilines is 2. The van der Waals surface area contributed by atoms with Crippen molar-refractivity contribution in [1.82, 2.24) is 4.90 Å². The van der Waals surface area contributed by atoms with Gasteiger partial charge in [-0.2, -0.15) is 0 Å². The molecule has 1 N–H and O–H groups in total. The molecule has 6 rings (SSSR count). The lowest BCUT2D eigenvalue weighted by Gasteiger charge is -2.33. The fraction of sp³-hybridized carbons (Fsp3) is 0.200. The van der Waals surface area contributed by atoms with Crippen molar-refractivity contribution < 1.29 is 33.0 Å². The smallest absolute Gasteiger partial charge is 0.299 e. The second-order valence-electron chi connectivity index (χ2n) is 11.2. The van der Waals surface area contributed by atoms with Crippen molar-refractivity contribution in [3.05, 3.63) is 119 Å². The third-order valence-electron chi connectivity index (χ3n) is 7.88. The molecule has 1 atom stereocenters. The van der Waals surface area contributed by atoms with E-state index in [9.17, 15) is 23.6 Å². The molecule has 0 saturated carbocycles. The number of carbonyl (C=O) groups excluding carboxylic acids is 4. The molecule has 0 bridgehead atoms. The average molecular weight is 608 g/mol. The zero-order valence-corrected chi connectivity index (χ0v) is 24.7. The van der Waals surface area contributed by atoms with E-state index < -0.39 is 41.9 Å². The van der Waals surface area contributed by atoms with Crippen LogP contribution in [0.3, 0.4) is 0 Å². The van der Waals surface area contributed by atoms with Crippen LogP contribution < -0.4 is 19.7 Å². The molecule has 4 aromatic rings. The lowest BCUT2D eigenvalue weighted by atomic mass is 9.97. The topological polar surface area (TPSA) is 105 Å². The summed E-state index contributed by atoms with van der Waals surface area (Å²) in [5.74, 6) is -1.83. The number of ether oxygens (including phenoxy) is 2. The minimum atomic E-state index is -1.17. The molecule has 2 aliphatic heterocycles. The van der Waals surface area contributed by atoms with Crippen molar-refractivity contribution in [2.75, 3.05) is 23.6 Å². The summed E-state index contributed by atoms with van der Waals surface area (Å²) in [4.78, 5) is 56.6. The number of para-hydroxylation sites is 1. The number of carbonyl (C=O) groups is 4. The van der Waals surface area contributed by atoms with Crippen molar-refractivity contribution in [3.8, 4) is 11.5 Å². The molecular formula is C35H30FN3O6. The maximum Gasteiger partial charge on any atom is 0.299 e. The third kappa shape index (κ3) is 5.99. The quantitative estimate of drug-likeness (QED) is 0.248. The highest BCUT2D eigenvalue weighted by Crippen LogP contribution is 2.35. The van der Waals surface area contributed by atoms with Crippen LogP contribution in [0.4, 0.5) is 15.8 Å². The van der Waals surface area contributed by atoms with E-state index in [2.05, 4.69) is 19.2 Å². The first-order valence-corrected chi connectivity index (χ1v) is 14.5. The van der Waals surface area contributed by atoms with Crippen LogP contribution in [-0.4, -0.2) is 41.7 Å². The van der Waals surface area contributed by atoms with Crippen LogP contribution in [0, 0.1) is 5.82 Å². The lowest BCUT2D eigenvalue weighted by molar-refractivity contribution is -0.139. The van der Waals surface area contributed by atoms with E-state index in [-0.39, 0.29) is 24.8 Å². The number of Topliss-reactive ketones (excluding diaryl/α,β-unsaturated/α-hetero) is 1. The number of benzene rings is 4. The van der Waals surface area contributed by atoms with Crippen LogP contribution in [0.25, 0.3) is 0 Å². The van der Waals surface area contributed by atoms with Gasteiger partial charge in [0.05, 0.1) is 11.3 Å². The monoisotopic (exact) mass is 607 g/mol. The van der Waals surface area contributed by atoms with Gasteiger partial charge in [-0.05, 0) is 59.0 Å². The first-order chi connectivity index (χ1) is 21.7. The van der Waals surface area contributed by atoms with E-state index in [0.29, 0.717) is 34.0 Å². The van der Waals surface area contributed by atoms with Crippen LogP contribution in [0.5, 0.6) is 11.5 Å². The first kappa shape index (κ1) is 29.6. The molecule has 0 unspecified atom stereocenters. The Morgan fingerprint density at radius 2 is 1.58 bits per heavy atom. The van der Waals surface area contributed by atoms with E-state index >= 15 is 0 Å². The van der Waals surface area contributed by atoms with Gasteiger partial charge in [-0.15, -0.1) is 0 Å². The number of hydrogen-bond acceptors (Lipinski definition) is 6. The minimum Gasteiger partial charge on any atom is -0.454 e. The van der Waals surface area contributed by atoms with Gasteiger partial charge in [0.1, 0.15) is 18.4 Å². The van der Waals surface area contributed by atoms with Crippen molar-refractivity contribution in [2.24, 2.45) is 0 Å². The molecule has 9 nitrogen and oxygen atoms in total. The van der Waals surface area contributed by atoms with Gasteiger partial charge in [0.2, 0.25) is 12.7 Å². The van der Waals surface area contributed by atoms with Gasteiger partial charge in [-0.25, -0.2) is 4.39 Å². The standard InChI is InChI=1S/C35H30FN3O6/c1-21(2)23-9-11-24(12-10-23)32(34(42)37-26-15-16-29-30(17-26)45-20-44-29)39(18-22-7-13-25(36)14-8-22)31(40)19-38-28-6-4-3-5-27(28)33(41)35(38)43/h3-17,21,32H,18-20H2,1-2H3,(H,37,42)/t32-/m1/s1. The molecule has 0 saturated heterocycles. The molecule has 0 radical (unpaired) electrons. The second-order valence-corrected chi connectivity index (χ2v) is 11.2. The molecule has 3 amide bonds. The molecule has 0 aromatic heterocycles. The van der Waals surface area contributed by atoms with Crippen molar-refractivity contribution >= 4 is 34.9 Å². The van der Waals surface area contributed by atoms with Gasteiger partial charge in [-0.3, -0.25) is 24.1 Å². The Morgan fingerprint density at radius 3 is 2.31 bits per heavy atom. The molecule has 4 aromatic carbocycles.